The quantitative estimate of drug-likeness (QED) is 0.618. The van der Waals surface area contributed by atoms with E-state index in [2.05, 4.69) is 4.74 Å². The van der Waals surface area contributed by atoms with E-state index in [9.17, 15) is 18.0 Å². The van der Waals surface area contributed by atoms with Gasteiger partial charge in [-0.25, -0.2) is 0 Å². The third-order valence-electron chi connectivity index (χ3n) is 5.58. The van der Waals surface area contributed by atoms with E-state index >= 15 is 0 Å². The van der Waals surface area contributed by atoms with E-state index in [1.807, 2.05) is 6.07 Å². The topological polar surface area (TPSA) is 54.0 Å². The molecule has 0 amide bonds. The zero-order valence-corrected chi connectivity index (χ0v) is 16.5. The zero-order chi connectivity index (χ0) is 21.5. The summed E-state index contributed by atoms with van der Waals surface area (Å²) in [6, 6.07) is 10.0. The number of halogens is 3. The van der Waals surface area contributed by atoms with Crippen LogP contribution in [0.15, 0.2) is 36.4 Å². The average molecular weight is 422 g/mol. The number of hydrogen-bond acceptors (Lipinski definition) is 5. The van der Waals surface area contributed by atoms with Gasteiger partial charge in [-0.05, 0) is 42.5 Å². The van der Waals surface area contributed by atoms with Crippen LogP contribution in [0, 0.1) is 5.92 Å². The molecule has 0 radical (unpaired) electrons. The number of esters is 1. The Balaban J connectivity index is 1.52. The molecule has 2 aliphatic rings. The average Bonchev–Trinajstić information content (AvgIpc) is 3.40. The maximum absolute atomic E-state index is 12.6. The molecule has 2 aromatic carbocycles. The fraction of sp³-hybridized carbons (Fsp3) is 0.409. The van der Waals surface area contributed by atoms with E-state index < -0.39 is 6.36 Å². The highest BCUT2D eigenvalue weighted by molar-refractivity contribution is 5.77. The molecule has 160 valence electrons. The number of rotatable bonds is 6. The van der Waals surface area contributed by atoms with Crippen LogP contribution < -0.4 is 14.2 Å². The minimum Gasteiger partial charge on any atom is -0.496 e. The SMILES string of the molecule is COC(=O)[C@@H]1C[C@H]1c1ccc(O[C@@H]2CCc3c(OC(F)(F)F)cccc32)cc1OC. The predicted molar refractivity (Wildman–Crippen MR) is 101 cm³/mol. The monoisotopic (exact) mass is 422 g/mol. The molecule has 0 unspecified atom stereocenters. The van der Waals surface area contributed by atoms with Gasteiger partial charge in [0.25, 0.3) is 0 Å². The highest BCUT2D eigenvalue weighted by Crippen LogP contribution is 2.51. The lowest BCUT2D eigenvalue weighted by Crippen LogP contribution is -2.18. The standard InChI is InChI=1S/C22H21F3O5/c1-27-20-10-12(6-7-15(20)16-11-17(16)21(26)28-2)29-18-9-8-14-13(18)4-3-5-19(14)30-22(23,24)25/h3-7,10,16-18H,8-9,11H2,1-2H3/t16-,17+,18+/m0/s1. The molecule has 0 aromatic heterocycles. The normalized spacial score (nSPS) is 22.2. The number of carbonyl (C=O) groups excluding carboxylic acids is 1. The summed E-state index contributed by atoms with van der Waals surface area (Å²) in [6.07, 6.45) is -3.42. The summed E-state index contributed by atoms with van der Waals surface area (Å²) in [5.74, 6) is 0.630. The van der Waals surface area contributed by atoms with Crippen LogP contribution in [0.5, 0.6) is 17.2 Å². The molecule has 0 bridgehead atoms. The zero-order valence-electron chi connectivity index (χ0n) is 16.5. The second-order valence-electron chi connectivity index (χ2n) is 7.39. The molecular formula is C22H21F3O5. The van der Waals surface area contributed by atoms with Gasteiger partial charge in [0.1, 0.15) is 23.4 Å². The molecule has 8 heteroatoms. The van der Waals surface area contributed by atoms with Gasteiger partial charge in [-0.2, -0.15) is 0 Å². The lowest BCUT2D eigenvalue weighted by atomic mass is 10.1. The van der Waals surface area contributed by atoms with E-state index in [0.717, 1.165) is 5.56 Å². The first-order valence-corrected chi connectivity index (χ1v) is 9.60. The molecule has 30 heavy (non-hydrogen) atoms. The van der Waals surface area contributed by atoms with Crippen LogP contribution in [0.2, 0.25) is 0 Å². The predicted octanol–water partition coefficient (Wildman–Crippen LogP) is 4.94. The van der Waals surface area contributed by atoms with Crippen molar-refractivity contribution in [1.29, 1.82) is 0 Å². The first-order valence-electron chi connectivity index (χ1n) is 9.60. The molecule has 1 saturated carbocycles. The largest absolute Gasteiger partial charge is 0.573 e. The Bertz CT molecular complexity index is 956. The van der Waals surface area contributed by atoms with E-state index in [-0.39, 0.29) is 29.7 Å². The van der Waals surface area contributed by atoms with Crippen molar-refractivity contribution in [2.75, 3.05) is 14.2 Å². The molecule has 0 saturated heterocycles. The Labute approximate surface area is 171 Å². The van der Waals surface area contributed by atoms with Gasteiger partial charge in [0.15, 0.2) is 0 Å². The number of methoxy groups -OCH3 is 2. The highest BCUT2D eigenvalue weighted by atomic mass is 19.4. The van der Waals surface area contributed by atoms with Crippen LogP contribution in [0.3, 0.4) is 0 Å². The van der Waals surface area contributed by atoms with Crippen LogP contribution >= 0.6 is 0 Å². The van der Waals surface area contributed by atoms with Crippen LogP contribution in [-0.2, 0) is 16.0 Å². The van der Waals surface area contributed by atoms with Crippen molar-refractivity contribution < 1.29 is 36.9 Å². The first kappa shape index (κ1) is 20.4. The Hall–Kier alpha value is -2.90. The number of alkyl halides is 3. The smallest absolute Gasteiger partial charge is 0.496 e. The minimum absolute atomic E-state index is 0.0516. The van der Waals surface area contributed by atoms with Crippen molar-refractivity contribution >= 4 is 5.97 Å². The van der Waals surface area contributed by atoms with Crippen molar-refractivity contribution in [1.82, 2.24) is 0 Å². The summed E-state index contributed by atoms with van der Waals surface area (Å²) in [5.41, 5.74) is 2.11. The van der Waals surface area contributed by atoms with Crippen LogP contribution in [0.4, 0.5) is 13.2 Å². The lowest BCUT2D eigenvalue weighted by molar-refractivity contribution is -0.274. The van der Waals surface area contributed by atoms with Gasteiger partial charge in [0.2, 0.25) is 0 Å². The summed E-state index contributed by atoms with van der Waals surface area (Å²) in [4.78, 5) is 11.7. The van der Waals surface area contributed by atoms with Crippen molar-refractivity contribution in [2.45, 2.75) is 37.6 Å². The van der Waals surface area contributed by atoms with Gasteiger partial charge >= 0.3 is 12.3 Å². The Morgan fingerprint density at radius 3 is 2.57 bits per heavy atom. The molecule has 0 N–H and O–H groups in total. The second-order valence-corrected chi connectivity index (χ2v) is 7.39. The molecule has 2 aromatic rings. The molecular weight excluding hydrogens is 401 g/mol. The molecule has 0 spiro atoms. The first-order chi connectivity index (χ1) is 14.3. The third-order valence-corrected chi connectivity index (χ3v) is 5.58. The highest BCUT2D eigenvalue weighted by Gasteiger charge is 2.46. The van der Waals surface area contributed by atoms with Gasteiger partial charge in [-0.15, -0.1) is 13.2 Å². The Kier molecular flexibility index (Phi) is 5.26. The second kappa shape index (κ2) is 7.74. The van der Waals surface area contributed by atoms with Gasteiger partial charge in [-0.1, -0.05) is 18.2 Å². The van der Waals surface area contributed by atoms with Crippen LogP contribution in [0.1, 0.15) is 41.6 Å². The van der Waals surface area contributed by atoms with E-state index in [1.165, 1.54) is 19.2 Å². The maximum Gasteiger partial charge on any atom is 0.573 e. The fourth-order valence-electron chi connectivity index (χ4n) is 4.11. The summed E-state index contributed by atoms with van der Waals surface area (Å²) in [5, 5.41) is 0. The van der Waals surface area contributed by atoms with Crippen LogP contribution in [-0.4, -0.2) is 26.6 Å². The Morgan fingerprint density at radius 2 is 1.87 bits per heavy atom. The molecule has 5 nitrogen and oxygen atoms in total. The van der Waals surface area contributed by atoms with Crippen molar-refractivity contribution in [3.8, 4) is 17.2 Å². The van der Waals surface area contributed by atoms with E-state index in [0.29, 0.717) is 41.9 Å². The summed E-state index contributed by atoms with van der Waals surface area (Å²) >= 11 is 0. The number of fused-ring (bicyclic) bond motifs is 1. The summed E-state index contributed by atoms with van der Waals surface area (Å²) in [6.45, 7) is 0. The van der Waals surface area contributed by atoms with Gasteiger partial charge in [0, 0.05) is 17.5 Å². The number of hydrogen-bond donors (Lipinski definition) is 0. The van der Waals surface area contributed by atoms with Crippen molar-refractivity contribution in [3.05, 3.63) is 53.1 Å². The van der Waals surface area contributed by atoms with Crippen LogP contribution in [0.25, 0.3) is 0 Å². The van der Waals surface area contributed by atoms with Gasteiger partial charge in [0.05, 0.1) is 20.1 Å². The molecule has 0 heterocycles. The molecule has 3 atom stereocenters. The van der Waals surface area contributed by atoms with Gasteiger partial charge < -0.3 is 18.9 Å². The number of benzene rings is 2. The maximum atomic E-state index is 12.6. The van der Waals surface area contributed by atoms with E-state index in [1.54, 1.807) is 25.3 Å². The molecule has 2 aliphatic carbocycles. The van der Waals surface area contributed by atoms with E-state index in [4.69, 9.17) is 14.2 Å². The fourth-order valence-corrected chi connectivity index (χ4v) is 4.11. The van der Waals surface area contributed by atoms with Crippen molar-refractivity contribution in [2.24, 2.45) is 5.92 Å². The summed E-state index contributed by atoms with van der Waals surface area (Å²) < 4.78 is 58.5. The molecule has 0 aliphatic heterocycles. The molecule has 1 fully saturated rings. The third kappa shape index (κ3) is 4.04. The van der Waals surface area contributed by atoms with Gasteiger partial charge in [-0.3, -0.25) is 4.79 Å². The lowest BCUT2D eigenvalue weighted by Gasteiger charge is -2.18. The number of carbonyl (C=O) groups is 1. The minimum atomic E-state index is -4.73. The van der Waals surface area contributed by atoms with Crippen molar-refractivity contribution in [3.63, 3.8) is 0 Å². The summed E-state index contributed by atoms with van der Waals surface area (Å²) in [7, 11) is 2.92. The molecule has 4 rings (SSSR count). The number of ether oxygens (including phenoxy) is 4. The Morgan fingerprint density at radius 1 is 1.07 bits per heavy atom.